The van der Waals surface area contributed by atoms with Crippen LogP contribution in [0.4, 0.5) is 5.69 Å². The number of aliphatic imine (C=N–C) groups is 1. The Morgan fingerprint density at radius 2 is 1.89 bits per heavy atom. The molecule has 0 bridgehead atoms. The lowest BCUT2D eigenvalue weighted by molar-refractivity contribution is -0.116. The van der Waals surface area contributed by atoms with E-state index in [2.05, 4.69) is 36.3 Å². The van der Waals surface area contributed by atoms with Crippen molar-refractivity contribution in [2.45, 2.75) is 83.2 Å². The van der Waals surface area contributed by atoms with Crippen LogP contribution in [0.2, 0.25) is 0 Å². The molecule has 3 rings (SSSR count). The molecule has 1 atom stereocenters. The van der Waals surface area contributed by atoms with E-state index in [1.165, 1.54) is 56.9 Å². The largest absolute Gasteiger partial charge is 0.350 e. The highest BCUT2D eigenvalue weighted by Crippen LogP contribution is 2.28. The molecule has 154 valence electrons. The van der Waals surface area contributed by atoms with Gasteiger partial charge in [0.15, 0.2) is 5.17 Å². The first-order valence-electron chi connectivity index (χ1n) is 11.0. The summed E-state index contributed by atoms with van der Waals surface area (Å²) in [6.45, 7) is 2.21. The lowest BCUT2D eigenvalue weighted by Gasteiger charge is -2.21. The smallest absolute Gasteiger partial charge is 0.226 e. The van der Waals surface area contributed by atoms with Crippen LogP contribution >= 0.6 is 11.8 Å². The van der Waals surface area contributed by atoms with Gasteiger partial charge in [0.05, 0.1) is 6.04 Å². The van der Waals surface area contributed by atoms with Crippen molar-refractivity contribution in [3.63, 3.8) is 0 Å². The maximum Gasteiger partial charge on any atom is 0.226 e. The minimum absolute atomic E-state index is 0.0921. The van der Waals surface area contributed by atoms with Gasteiger partial charge in [0.25, 0.3) is 0 Å². The number of hydrogen-bond donors (Lipinski definition) is 1. The zero-order valence-electron chi connectivity index (χ0n) is 17.5. The van der Waals surface area contributed by atoms with Gasteiger partial charge >= 0.3 is 0 Å². The third-order valence-corrected chi connectivity index (χ3v) is 7.05. The molecular weight excluding hydrogens is 366 g/mol. The molecule has 1 aliphatic heterocycles. The maximum absolute atomic E-state index is 12.5. The average molecular weight is 402 g/mol. The summed E-state index contributed by atoms with van der Waals surface area (Å²) in [5.41, 5.74) is 2.23. The Kier molecular flexibility index (Phi) is 8.26. The van der Waals surface area contributed by atoms with Gasteiger partial charge in [-0.25, -0.2) is 0 Å². The topological polar surface area (TPSA) is 44.7 Å². The van der Waals surface area contributed by atoms with Crippen LogP contribution in [-0.2, 0) is 11.2 Å². The number of nitrogens with zero attached hydrogens (tertiary/aromatic N) is 2. The SMILES string of the molecule is CCCCc1ccc(NC(=O)CC2CSC(=NC3CCCCCC3)N2C)cc1. The fraction of sp³-hybridized carbons (Fsp3) is 0.652. The van der Waals surface area contributed by atoms with Crippen molar-refractivity contribution in [2.24, 2.45) is 4.99 Å². The van der Waals surface area contributed by atoms with Crippen molar-refractivity contribution in [1.82, 2.24) is 4.90 Å². The fourth-order valence-corrected chi connectivity index (χ4v) is 5.23. The lowest BCUT2D eigenvalue weighted by atomic mass is 10.1. The predicted molar refractivity (Wildman–Crippen MR) is 121 cm³/mol. The minimum atomic E-state index is 0.0921. The van der Waals surface area contributed by atoms with E-state index in [1.807, 2.05) is 23.9 Å². The summed E-state index contributed by atoms with van der Waals surface area (Å²) in [7, 11) is 2.09. The van der Waals surface area contributed by atoms with Gasteiger partial charge in [-0.1, -0.05) is 62.9 Å². The highest BCUT2D eigenvalue weighted by molar-refractivity contribution is 8.14. The molecular formula is C23H35N3OS. The summed E-state index contributed by atoms with van der Waals surface area (Å²) in [5.74, 6) is 1.04. The maximum atomic E-state index is 12.5. The van der Waals surface area contributed by atoms with E-state index in [0.717, 1.165) is 23.0 Å². The summed E-state index contributed by atoms with van der Waals surface area (Å²) in [6, 6.07) is 9.01. The van der Waals surface area contributed by atoms with Crippen LogP contribution in [0.25, 0.3) is 0 Å². The second kappa shape index (κ2) is 10.9. The van der Waals surface area contributed by atoms with Crippen LogP contribution in [0.1, 0.15) is 70.3 Å². The Labute approximate surface area is 174 Å². The first-order valence-corrected chi connectivity index (χ1v) is 12.0. The molecule has 1 saturated heterocycles. The molecule has 4 nitrogen and oxygen atoms in total. The number of hydrogen-bond acceptors (Lipinski definition) is 3. The Balaban J connectivity index is 1.49. The third kappa shape index (κ3) is 6.26. The molecule has 1 unspecified atom stereocenters. The molecule has 1 saturated carbocycles. The zero-order chi connectivity index (χ0) is 19.8. The molecule has 2 aliphatic rings. The van der Waals surface area contributed by atoms with Crippen molar-refractivity contribution >= 4 is 28.5 Å². The predicted octanol–water partition coefficient (Wildman–Crippen LogP) is 5.48. The van der Waals surface area contributed by atoms with E-state index < -0.39 is 0 Å². The Bertz CT molecular complexity index is 650. The molecule has 2 fully saturated rings. The lowest BCUT2D eigenvalue weighted by Crippen LogP contribution is -2.34. The number of amides is 1. The molecule has 1 amide bonds. The second-order valence-electron chi connectivity index (χ2n) is 8.19. The highest BCUT2D eigenvalue weighted by Gasteiger charge is 2.29. The number of nitrogens with one attached hydrogen (secondary N) is 1. The van der Waals surface area contributed by atoms with E-state index in [-0.39, 0.29) is 11.9 Å². The van der Waals surface area contributed by atoms with Gasteiger partial charge in [-0.05, 0) is 43.4 Å². The summed E-state index contributed by atoms with van der Waals surface area (Å²) in [5, 5.41) is 4.19. The first kappa shape index (κ1) is 21.2. The number of rotatable bonds is 7. The summed E-state index contributed by atoms with van der Waals surface area (Å²) in [6.07, 6.45) is 11.8. The standard InChI is InChI=1S/C23H35N3OS/c1-3-4-9-18-12-14-20(15-13-18)24-22(27)16-21-17-28-23(26(21)2)25-19-10-7-5-6-8-11-19/h12-15,19,21H,3-11,16-17H2,1-2H3,(H,24,27). The van der Waals surface area contributed by atoms with E-state index in [9.17, 15) is 4.79 Å². The summed E-state index contributed by atoms with van der Waals surface area (Å²) >= 11 is 1.81. The molecule has 1 N–H and O–H groups in total. The quantitative estimate of drug-likeness (QED) is 0.615. The Morgan fingerprint density at radius 3 is 2.57 bits per heavy atom. The number of carbonyl (C=O) groups excluding carboxylic acids is 1. The van der Waals surface area contributed by atoms with E-state index in [0.29, 0.717) is 12.5 Å². The van der Waals surface area contributed by atoms with Crippen LogP contribution in [0.3, 0.4) is 0 Å². The van der Waals surface area contributed by atoms with E-state index in [1.54, 1.807) is 0 Å². The Morgan fingerprint density at radius 1 is 1.18 bits per heavy atom. The number of thioether (sulfide) groups is 1. The highest BCUT2D eigenvalue weighted by atomic mass is 32.2. The average Bonchev–Trinajstić information content (AvgIpc) is 2.89. The van der Waals surface area contributed by atoms with Gasteiger partial charge in [-0.3, -0.25) is 9.79 Å². The van der Waals surface area contributed by atoms with Crippen molar-refractivity contribution in [2.75, 3.05) is 18.1 Å². The summed E-state index contributed by atoms with van der Waals surface area (Å²) in [4.78, 5) is 19.8. The van der Waals surface area contributed by atoms with Gasteiger partial charge in [0.2, 0.25) is 5.91 Å². The first-order chi connectivity index (χ1) is 13.7. The number of unbranched alkanes of at least 4 members (excludes halogenated alkanes) is 1. The normalized spacial score (nSPS) is 22.4. The molecule has 0 spiro atoms. The fourth-order valence-electron chi connectivity index (χ4n) is 3.97. The Hall–Kier alpha value is -1.49. The van der Waals surface area contributed by atoms with Gasteiger partial charge in [-0.15, -0.1) is 0 Å². The van der Waals surface area contributed by atoms with Crippen LogP contribution in [0.15, 0.2) is 29.3 Å². The minimum Gasteiger partial charge on any atom is -0.350 e. The van der Waals surface area contributed by atoms with Crippen LogP contribution in [-0.4, -0.2) is 40.9 Å². The number of amidine groups is 1. The van der Waals surface area contributed by atoms with Crippen molar-refractivity contribution in [3.8, 4) is 0 Å². The van der Waals surface area contributed by atoms with Crippen molar-refractivity contribution < 1.29 is 4.79 Å². The van der Waals surface area contributed by atoms with Crippen molar-refractivity contribution in [1.29, 1.82) is 0 Å². The number of carbonyl (C=O) groups is 1. The zero-order valence-corrected chi connectivity index (χ0v) is 18.3. The van der Waals surface area contributed by atoms with Crippen LogP contribution in [0, 0.1) is 0 Å². The second-order valence-corrected chi connectivity index (χ2v) is 9.17. The van der Waals surface area contributed by atoms with Crippen LogP contribution < -0.4 is 5.32 Å². The molecule has 28 heavy (non-hydrogen) atoms. The number of anilines is 1. The molecule has 1 heterocycles. The van der Waals surface area contributed by atoms with Gasteiger partial charge < -0.3 is 10.2 Å². The van der Waals surface area contributed by atoms with Crippen molar-refractivity contribution in [3.05, 3.63) is 29.8 Å². The number of aryl methyl sites for hydroxylation is 1. The van der Waals surface area contributed by atoms with Gasteiger partial charge in [0.1, 0.15) is 0 Å². The molecule has 0 radical (unpaired) electrons. The molecule has 0 aromatic heterocycles. The van der Waals surface area contributed by atoms with Crippen LogP contribution in [0.5, 0.6) is 0 Å². The third-order valence-electron chi connectivity index (χ3n) is 5.85. The van der Waals surface area contributed by atoms with E-state index >= 15 is 0 Å². The molecule has 5 heteroatoms. The summed E-state index contributed by atoms with van der Waals surface area (Å²) < 4.78 is 0. The monoisotopic (exact) mass is 401 g/mol. The van der Waals surface area contributed by atoms with Gasteiger partial charge in [0, 0.05) is 31.0 Å². The molecule has 1 aromatic carbocycles. The molecule has 1 aliphatic carbocycles. The van der Waals surface area contributed by atoms with E-state index in [4.69, 9.17) is 4.99 Å². The van der Waals surface area contributed by atoms with Gasteiger partial charge in [-0.2, -0.15) is 0 Å². The molecule has 1 aromatic rings. The number of benzene rings is 1.